The molecule has 1 aliphatic rings. The molecule has 1 aromatic rings. The lowest BCUT2D eigenvalue weighted by molar-refractivity contribution is -0.137. The predicted octanol–water partition coefficient (Wildman–Crippen LogP) is 1.93. The molecule has 2 atom stereocenters. The lowest BCUT2D eigenvalue weighted by atomic mass is 10.1. The number of sulfonamides is 1. The zero-order valence-electron chi connectivity index (χ0n) is 11.6. The van der Waals surface area contributed by atoms with Gasteiger partial charge < -0.3 is 10.4 Å². The Morgan fingerprint density at radius 2 is 2.00 bits per heavy atom. The first-order chi connectivity index (χ1) is 10.1. The van der Waals surface area contributed by atoms with E-state index >= 15 is 0 Å². The minimum absolute atomic E-state index is 0.112. The summed E-state index contributed by atoms with van der Waals surface area (Å²) in [6, 6.07) is 2.59. The third-order valence-electron chi connectivity index (χ3n) is 3.80. The molecule has 2 rings (SSSR count). The molecule has 1 saturated carbocycles. The van der Waals surface area contributed by atoms with Gasteiger partial charge in [0.2, 0.25) is 10.0 Å². The molecule has 4 N–H and O–H groups in total. The minimum Gasteiger partial charge on any atom is -0.393 e. The molecule has 0 saturated heterocycles. The van der Waals surface area contributed by atoms with E-state index in [1.54, 1.807) is 0 Å². The Labute approximate surface area is 126 Å². The van der Waals surface area contributed by atoms with Crippen molar-refractivity contribution in [1.29, 1.82) is 0 Å². The molecule has 1 aromatic carbocycles. The average molecular weight is 338 g/mol. The number of anilines is 1. The van der Waals surface area contributed by atoms with Crippen molar-refractivity contribution in [2.45, 2.75) is 36.4 Å². The van der Waals surface area contributed by atoms with Crippen molar-refractivity contribution < 1.29 is 26.7 Å². The summed E-state index contributed by atoms with van der Waals surface area (Å²) in [5.74, 6) is -0.112. The van der Waals surface area contributed by atoms with Gasteiger partial charge in [-0.2, -0.15) is 13.2 Å². The third-order valence-corrected chi connectivity index (χ3v) is 4.71. The van der Waals surface area contributed by atoms with Crippen molar-refractivity contribution >= 4 is 15.7 Å². The Morgan fingerprint density at radius 1 is 1.32 bits per heavy atom. The second-order valence-corrected chi connectivity index (χ2v) is 6.95. The molecule has 5 nitrogen and oxygen atoms in total. The largest absolute Gasteiger partial charge is 0.418 e. The Balaban J connectivity index is 2.26. The molecule has 0 amide bonds. The second-order valence-electron chi connectivity index (χ2n) is 5.39. The maximum Gasteiger partial charge on any atom is 0.418 e. The first-order valence-electron chi connectivity index (χ1n) is 6.75. The molecule has 0 spiro atoms. The molecule has 1 aliphatic carbocycles. The van der Waals surface area contributed by atoms with Crippen LogP contribution < -0.4 is 10.5 Å². The van der Waals surface area contributed by atoms with Gasteiger partial charge in [-0.05, 0) is 31.0 Å². The van der Waals surface area contributed by atoms with Crippen LogP contribution in [0, 0.1) is 5.92 Å². The normalized spacial score (nSPS) is 22.8. The SMILES string of the molecule is NS(=O)(=O)c1ccc(NCC2CCCC2O)c(C(F)(F)F)c1. The van der Waals surface area contributed by atoms with Gasteiger partial charge in [0, 0.05) is 18.2 Å². The molecule has 0 aromatic heterocycles. The highest BCUT2D eigenvalue weighted by Crippen LogP contribution is 2.36. The Bertz CT molecular complexity index is 646. The van der Waals surface area contributed by atoms with E-state index in [0.29, 0.717) is 12.5 Å². The van der Waals surface area contributed by atoms with Gasteiger partial charge in [-0.25, -0.2) is 13.6 Å². The summed E-state index contributed by atoms with van der Waals surface area (Å²) >= 11 is 0. The molecular weight excluding hydrogens is 321 g/mol. The van der Waals surface area contributed by atoms with E-state index in [4.69, 9.17) is 5.14 Å². The van der Waals surface area contributed by atoms with Crippen molar-refractivity contribution in [3.05, 3.63) is 23.8 Å². The fourth-order valence-electron chi connectivity index (χ4n) is 2.59. The Hall–Kier alpha value is -1.32. The Morgan fingerprint density at radius 3 is 2.50 bits per heavy atom. The quantitative estimate of drug-likeness (QED) is 0.782. The maximum absolute atomic E-state index is 13.1. The fourth-order valence-corrected chi connectivity index (χ4v) is 3.13. The highest BCUT2D eigenvalue weighted by molar-refractivity contribution is 7.89. The second kappa shape index (κ2) is 6.05. The molecule has 22 heavy (non-hydrogen) atoms. The van der Waals surface area contributed by atoms with Crippen LogP contribution in [0.15, 0.2) is 23.1 Å². The van der Waals surface area contributed by atoms with Crippen LogP contribution in [0.3, 0.4) is 0 Å². The van der Waals surface area contributed by atoms with E-state index in [9.17, 15) is 26.7 Å². The fraction of sp³-hybridized carbons (Fsp3) is 0.538. The molecule has 124 valence electrons. The van der Waals surface area contributed by atoms with Crippen LogP contribution in [-0.2, 0) is 16.2 Å². The lowest BCUT2D eigenvalue weighted by Crippen LogP contribution is -2.23. The lowest BCUT2D eigenvalue weighted by Gasteiger charge is -2.19. The monoisotopic (exact) mass is 338 g/mol. The number of alkyl halides is 3. The smallest absolute Gasteiger partial charge is 0.393 e. The van der Waals surface area contributed by atoms with Crippen LogP contribution in [0.4, 0.5) is 18.9 Å². The van der Waals surface area contributed by atoms with Crippen LogP contribution in [0.25, 0.3) is 0 Å². The topological polar surface area (TPSA) is 92.4 Å². The zero-order valence-corrected chi connectivity index (χ0v) is 12.4. The Kier molecular flexibility index (Phi) is 4.69. The summed E-state index contributed by atoms with van der Waals surface area (Å²) in [6.45, 7) is 0.193. The van der Waals surface area contributed by atoms with Crippen molar-refractivity contribution in [3.8, 4) is 0 Å². The van der Waals surface area contributed by atoms with E-state index in [-0.39, 0.29) is 18.2 Å². The van der Waals surface area contributed by atoms with Crippen LogP contribution in [0.1, 0.15) is 24.8 Å². The first-order valence-corrected chi connectivity index (χ1v) is 8.29. The molecule has 1 fully saturated rings. The number of nitrogens with one attached hydrogen (secondary N) is 1. The molecule has 9 heteroatoms. The van der Waals surface area contributed by atoms with Gasteiger partial charge in [0.15, 0.2) is 0 Å². The number of hydrogen-bond acceptors (Lipinski definition) is 4. The highest BCUT2D eigenvalue weighted by atomic mass is 32.2. The van der Waals surface area contributed by atoms with Gasteiger partial charge in [0.05, 0.1) is 16.6 Å². The number of benzene rings is 1. The van der Waals surface area contributed by atoms with Crippen LogP contribution in [0.5, 0.6) is 0 Å². The molecule has 0 bridgehead atoms. The van der Waals surface area contributed by atoms with Gasteiger partial charge in [-0.15, -0.1) is 0 Å². The standard InChI is InChI=1S/C13H17F3N2O3S/c14-13(15,16)10-6-9(22(17,20)21)4-5-11(10)18-7-8-2-1-3-12(8)19/h4-6,8,12,18-19H,1-3,7H2,(H2,17,20,21). The number of nitrogens with two attached hydrogens (primary N) is 1. The number of aliphatic hydroxyl groups is 1. The number of halogens is 3. The van der Waals surface area contributed by atoms with Gasteiger partial charge in [0.1, 0.15) is 0 Å². The van der Waals surface area contributed by atoms with Crippen molar-refractivity contribution in [2.75, 3.05) is 11.9 Å². The molecule has 0 aliphatic heterocycles. The number of rotatable bonds is 4. The van der Waals surface area contributed by atoms with Crippen molar-refractivity contribution in [3.63, 3.8) is 0 Å². The van der Waals surface area contributed by atoms with E-state index in [2.05, 4.69) is 5.32 Å². The predicted molar refractivity (Wildman–Crippen MR) is 74.7 cm³/mol. The van der Waals surface area contributed by atoms with E-state index in [0.717, 1.165) is 25.0 Å². The summed E-state index contributed by atoms with van der Waals surface area (Å²) in [6.07, 6.45) is -3.01. The maximum atomic E-state index is 13.1. The molecule has 0 heterocycles. The summed E-state index contributed by atoms with van der Waals surface area (Å²) in [5, 5.41) is 17.2. The minimum atomic E-state index is -4.71. The van der Waals surface area contributed by atoms with Gasteiger partial charge >= 0.3 is 6.18 Å². The van der Waals surface area contributed by atoms with Crippen LogP contribution >= 0.6 is 0 Å². The van der Waals surface area contributed by atoms with Gasteiger partial charge in [-0.3, -0.25) is 0 Å². The molecule has 2 unspecified atom stereocenters. The van der Waals surface area contributed by atoms with Crippen molar-refractivity contribution in [2.24, 2.45) is 11.1 Å². The highest BCUT2D eigenvalue weighted by Gasteiger charge is 2.35. The van der Waals surface area contributed by atoms with E-state index in [1.807, 2.05) is 0 Å². The van der Waals surface area contributed by atoms with E-state index in [1.165, 1.54) is 0 Å². The third kappa shape index (κ3) is 3.90. The van der Waals surface area contributed by atoms with Crippen LogP contribution in [-0.4, -0.2) is 26.2 Å². The summed E-state index contributed by atoms with van der Waals surface area (Å²) in [5.41, 5.74) is -1.31. The number of aliphatic hydroxyl groups excluding tert-OH is 1. The summed E-state index contributed by atoms with van der Waals surface area (Å²) < 4.78 is 61.6. The number of primary sulfonamides is 1. The summed E-state index contributed by atoms with van der Waals surface area (Å²) in [7, 11) is -4.21. The van der Waals surface area contributed by atoms with E-state index < -0.39 is 32.8 Å². The average Bonchev–Trinajstić information content (AvgIpc) is 2.79. The van der Waals surface area contributed by atoms with Gasteiger partial charge in [0.25, 0.3) is 0 Å². The first kappa shape index (κ1) is 17.0. The van der Waals surface area contributed by atoms with Crippen molar-refractivity contribution in [1.82, 2.24) is 0 Å². The van der Waals surface area contributed by atoms with Gasteiger partial charge in [-0.1, -0.05) is 6.42 Å². The number of hydrogen-bond donors (Lipinski definition) is 3. The molecule has 0 radical (unpaired) electrons. The molecular formula is C13H17F3N2O3S. The zero-order chi connectivity index (χ0) is 16.5. The summed E-state index contributed by atoms with van der Waals surface area (Å²) in [4.78, 5) is -0.591. The van der Waals surface area contributed by atoms with Crippen LogP contribution in [0.2, 0.25) is 0 Å².